The number of benzene rings is 2. The lowest BCUT2D eigenvalue weighted by molar-refractivity contribution is -0.116. The van der Waals surface area contributed by atoms with Gasteiger partial charge in [0.1, 0.15) is 29.8 Å². The predicted molar refractivity (Wildman–Crippen MR) is 122 cm³/mol. The van der Waals surface area contributed by atoms with Gasteiger partial charge in [0.05, 0.1) is 23.9 Å². The maximum Gasteiger partial charge on any atom is 0.264 e. The summed E-state index contributed by atoms with van der Waals surface area (Å²) >= 11 is 0. The number of nitrogens with one attached hydrogen (secondary N) is 2. The molecular formula is C21H19FN6O5S. The molecule has 0 radical (unpaired) electrons. The van der Waals surface area contributed by atoms with Gasteiger partial charge >= 0.3 is 0 Å². The van der Waals surface area contributed by atoms with Gasteiger partial charge in [-0.05, 0) is 42.5 Å². The molecule has 11 nitrogen and oxygen atoms in total. The number of hydrogen-bond acceptors (Lipinski definition) is 7. The first-order valence-electron chi connectivity index (χ1n) is 9.81. The molecule has 13 heteroatoms. The molecule has 0 atom stereocenters. The van der Waals surface area contributed by atoms with Gasteiger partial charge in [-0.2, -0.15) is 5.10 Å². The van der Waals surface area contributed by atoms with Gasteiger partial charge < -0.3 is 10.1 Å². The van der Waals surface area contributed by atoms with Crippen LogP contribution in [-0.2, 0) is 28.4 Å². The molecule has 0 spiro atoms. The number of hydrogen-bond donors (Lipinski definition) is 2. The lowest BCUT2D eigenvalue weighted by Gasteiger charge is -2.14. The van der Waals surface area contributed by atoms with Crippen molar-refractivity contribution in [2.24, 2.45) is 7.05 Å². The van der Waals surface area contributed by atoms with Crippen molar-refractivity contribution in [1.82, 2.24) is 19.3 Å². The highest BCUT2D eigenvalue weighted by Crippen LogP contribution is 2.30. The minimum atomic E-state index is -4.05. The molecule has 0 aliphatic carbocycles. The van der Waals surface area contributed by atoms with E-state index < -0.39 is 27.3 Å². The summed E-state index contributed by atoms with van der Waals surface area (Å²) in [5, 5.41) is 6.87. The van der Waals surface area contributed by atoms with Crippen molar-refractivity contribution >= 4 is 38.3 Å². The van der Waals surface area contributed by atoms with Crippen LogP contribution < -0.4 is 20.3 Å². The first-order valence-corrected chi connectivity index (χ1v) is 11.3. The van der Waals surface area contributed by atoms with Gasteiger partial charge in [-0.15, -0.1) is 0 Å². The number of methoxy groups -OCH3 is 1. The summed E-state index contributed by atoms with van der Waals surface area (Å²) in [4.78, 5) is 29.1. The topological polar surface area (TPSA) is 137 Å². The highest BCUT2D eigenvalue weighted by Gasteiger charge is 2.18. The Hall–Kier alpha value is -4.26. The third-order valence-electron chi connectivity index (χ3n) is 4.88. The molecule has 0 bridgehead atoms. The van der Waals surface area contributed by atoms with E-state index in [0.717, 1.165) is 28.8 Å². The van der Waals surface area contributed by atoms with Crippen LogP contribution >= 0.6 is 0 Å². The number of amides is 1. The van der Waals surface area contributed by atoms with Crippen LogP contribution in [0.3, 0.4) is 0 Å². The normalized spacial score (nSPS) is 11.4. The summed E-state index contributed by atoms with van der Waals surface area (Å²) in [6, 6.07) is 8.65. The summed E-state index contributed by atoms with van der Waals surface area (Å²) in [5.74, 6) is -0.908. The average molecular weight is 486 g/mol. The average Bonchev–Trinajstić information content (AvgIpc) is 3.17. The van der Waals surface area contributed by atoms with Crippen LogP contribution in [-0.4, -0.2) is 40.8 Å². The van der Waals surface area contributed by atoms with Crippen molar-refractivity contribution in [1.29, 1.82) is 0 Å². The van der Waals surface area contributed by atoms with Crippen molar-refractivity contribution in [3.8, 4) is 5.75 Å². The second kappa shape index (κ2) is 8.94. The number of aryl methyl sites for hydroxylation is 1. The molecule has 2 N–H and O–H groups in total. The van der Waals surface area contributed by atoms with E-state index in [4.69, 9.17) is 4.74 Å². The molecule has 2 heterocycles. The van der Waals surface area contributed by atoms with E-state index in [-0.39, 0.29) is 34.0 Å². The van der Waals surface area contributed by atoms with Crippen LogP contribution in [0.25, 0.3) is 11.0 Å². The number of carbonyl (C=O) groups excluding carboxylic acids is 1. The lowest BCUT2D eigenvalue weighted by Crippen LogP contribution is -2.27. The molecule has 0 aliphatic rings. The SMILES string of the molecule is COc1ccc(NC(=O)Cn2cnc3c(cnn3C)c2=O)cc1NS(=O)(=O)c1ccc(F)cc1. The van der Waals surface area contributed by atoms with Crippen LogP contribution in [0.1, 0.15) is 0 Å². The van der Waals surface area contributed by atoms with E-state index in [2.05, 4.69) is 20.1 Å². The summed E-state index contributed by atoms with van der Waals surface area (Å²) < 4.78 is 48.7. The van der Waals surface area contributed by atoms with E-state index in [1.807, 2.05) is 0 Å². The molecule has 0 fully saturated rings. The highest BCUT2D eigenvalue weighted by atomic mass is 32.2. The number of rotatable bonds is 7. The second-order valence-electron chi connectivity index (χ2n) is 7.21. The Kier molecular flexibility index (Phi) is 6.03. The zero-order chi connectivity index (χ0) is 24.5. The number of anilines is 2. The van der Waals surface area contributed by atoms with Crippen LogP contribution in [0, 0.1) is 5.82 Å². The number of nitrogens with zero attached hydrogens (tertiary/aromatic N) is 4. The summed E-state index contributed by atoms with van der Waals surface area (Å²) in [5.41, 5.74) is 0.289. The Labute approximate surface area is 192 Å². The van der Waals surface area contributed by atoms with Crippen LogP contribution in [0.2, 0.25) is 0 Å². The molecular weight excluding hydrogens is 467 g/mol. The van der Waals surface area contributed by atoms with Crippen molar-refractivity contribution < 1.29 is 22.3 Å². The second-order valence-corrected chi connectivity index (χ2v) is 8.89. The van der Waals surface area contributed by atoms with E-state index >= 15 is 0 Å². The third-order valence-corrected chi connectivity index (χ3v) is 6.26. The van der Waals surface area contributed by atoms with Gasteiger partial charge in [-0.1, -0.05) is 0 Å². The fraction of sp³-hybridized carbons (Fsp3) is 0.143. The molecule has 4 rings (SSSR count). The smallest absolute Gasteiger partial charge is 0.264 e. The molecule has 2 aromatic heterocycles. The van der Waals surface area contributed by atoms with Gasteiger partial charge in [-0.3, -0.25) is 23.6 Å². The van der Waals surface area contributed by atoms with Gasteiger partial charge in [0, 0.05) is 12.7 Å². The summed E-state index contributed by atoms with van der Waals surface area (Å²) in [6.07, 6.45) is 2.63. The molecule has 1 amide bonds. The largest absolute Gasteiger partial charge is 0.495 e. The molecule has 0 unspecified atom stereocenters. The third kappa shape index (κ3) is 4.59. The highest BCUT2D eigenvalue weighted by molar-refractivity contribution is 7.92. The fourth-order valence-electron chi connectivity index (χ4n) is 3.22. The monoisotopic (exact) mass is 486 g/mol. The van der Waals surface area contributed by atoms with Crippen molar-refractivity contribution in [2.75, 3.05) is 17.1 Å². The fourth-order valence-corrected chi connectivity index (χ4v) is 4.28. The maximum absolute atomic E-state index is 13.1. The van der Waals surface area contributed by atoms with E-state index in [1.165, 1.54) is 42.5 Å². The quantitative estimate of drug-likeness (QED) is 0.406. The zero-order valence-corrected chi connectivity index (χ0v) is 18.8. The Morgan fingerprint density at radius 2 is 1.91 bits per heavy atom. The van der Waals surface area contributed by atoms with Crippen LogP contribution in [0.15, 0.2) is 64.7 Å². The number of carbonyl (C=O) groups is 1. The lowest BCUT2D eigenvalue weighted by atomic mass is 10.2. The molecule has 0 saturated carbocycles. The van der Waals surface area contributed by atoms with Crippen molar-refractivity contribution in [2.45, 2.75) is 11.4 Å². The first-order chi connectivity index (χ1) is 16.2. The van der Waals surface area contributed by atoms with Gasteiger partial charge in [0.15, 0.2) is 5.65 Å². The maximum atomic E-state index is 13.1. The summed E-state index contributed by atoms with van der Waals surface area (Å²) in [7, 11) is -1.04. The van der Waals surface area contributed by atoms with Gasteiger partial charge in [0.25, 0.3) is 15.6 Å². The number of ether oxygens (including phenoxy) is 1. The Morgan fingerprint density at radius 3 is 2.62 bits per heavy atom. The van der Waals surface area contributed by atoms with Gasteiger partial charge in [-0.25, -0.2) is 17.8 Å². The van der Waals surface area contributed by atoms with Crippen molar-refractivity contribution in [3.63, 3.8) is 0 Å². The first kappa shape index (κ1) is 22.9. The molecule has 4 aromatic rings. The van der Waals surface area contributed by atoms with E-state index in [9.17, 15) is 22.4 Å². The Balaban J connectivity index is 1.54. The minimum Gasteiger partial charge on any atom is -0.495 e. The van der Waals surface area contributed by atoms with Crippen LogP contribution in [0.4, 0.5) is 15.8 Å². The van der Waals surface area contributed by atoms with E-state index in [0.29, 0.717) is 5.65 Å². The number of fused-ring (bicyclic) bond motifs is 1. The predicted octanol–water partition coefficient (Wildman–Crippen LogP) is 1.72. The number of aromatic nitrogens is 4. The van der Waals surface area contributed by atoms with E-state index in [1.54, 1.807) is 7.05 Å². The molecule has 0 aliphatic heterocycles. The van der Waals surface area contributed by atoms with Crippen molar-refractivity contribution in [3.05, 3.63) is 71.2 Å². The number of sulfonamides is 1. The summed E-state index contributed by atoms with van der Waals surface area (Å²) in [6.45, 7) is -0.320. The molecule has 34 heavy (non-hydrogen) atoms. The number of halogens is 1. The zero-order valence-electron chi connectivity index (χ0n) is 18.0. The van der Waals surface area contributed by atoms with Gasteiger partial charge in [0.2, 0.25) is 5.91 Å². The Bertz CT molecular complexity index is 1550. The van der Waals surface area contributed by atoms with Crippen LogP contribution in [0.5, 0.6) is 5.75 Å². The molecule has 176 valence electrons. The Morgan fingerprint density at radius 1 is 1.18 bits per heavy atom. The minimum absolute atomic E-state index is 0.0558. The molecule has 0 saturated heterocycles. The molecule has 2 aromatic carbocycles. The standard InChI is InChI=1S/C21H19FN6O5S/c1-27-20-16(10-24-27)21(30)28(12-23-20)11-19(29)25-14-5-8-18(33-2)17(9-14)26-34(31,32)15-6-3-13(22)4-7-15/h3-10,12,26H,11H2,1-2H3,(H,25,29).